The van der Waals surface area contributed by atoms with Crippen molar-refractivity contribution in [2.24, 2.45) is 0 Å². The Morgan fingerprint density at radius 2 is 1.63 bits per heavy atom. The van der Waals surface area contributed by atoms with Gasteiger partial charge in [-0.1, -0.05) is 0 Å². The third kappa shape index (κ3) is 6.66. The Morgan fingerprint density at radius 3 is 2.30 bits per heavy atom. The first-order valence-electron chi connectivity index (χ1n) is 12.4. The number of phosphoric ester groups is 2. The van der Waals surface area contributed by atoms with E-state index in [1.807, 2.05) is 0 Å². The van der Waals surface area contributed by atoms with Gasteiger partial charge in [-0.25, -0.2) is 24.1 Å². The molecule has 8 N–H and O–H groups in total. The average molecular weight is 649 g/mol. The number of aliphatic hydroxyl groups is 4. The van der Waals surface area contributed by atoms with Crippen molar-refractivity contribution in [1.82, 2.24) is 19.5 Å². The summed E-state index contributed by atoms with van der Waals surface area (Å²) in [6.07, 6.45) is -5.95. The number of aldehydes is 1. The molecule has 3 aromatic heterocycles. The number of hydrogen-bond acceptors (Lipinski definition) is 16. The largest absolute Gasteiger partial charge is 0.481 e. The van der Waals surface area contributed by atoms with Gasteiger partial charge in [-0.05, 0) is 6.07 Å². The van der Waals surface area contributed by atoms with Crippen molar-refractivity contribution < 1.29 is 71.5 Å². The van der Waals surface area contributed by atoms with Crippen LogP contribution in [-0.2, 0) is 32.0 Å². The Hall–Kier alpha value is -2.81. The predicted octanol–water partition coefficient (Wildman–Crippen LogP) is -2.30. The zero-order chi connectivity index (χ0) is 31.1. The van der Waals surface area contributed by atoms with Crippen LogP contribution in [0.25, 0.3) is 11.2 Å². The van der Waals surface area contributed by atoms with Crippen molar-refractivity contribution in [3.05, 3.63) is 42.7 Å². The number of anilines is 1. The van der Waals surface area contributed by atoms with E-state index in [1.165, 1.54) is 40.0 Å². The number of ether oxygens (including phenoxy) is 2. The number of rotatable bonds is 11. The molecule has 2 saturated heterocycles. The summed E-state index contributed by atoms with van der Waals surface area (Å²) in [5.74, 6) is 0.0546. The fourth-order valence-corrected chi connectivity index (χ4v) is 6.61. The number of carbonyl (C=O) groups is 1. The molecule has 0 saturated carbocycles. The fourth-order valence-electron chi connectivity index (χ4n) is 4.52. The molecule has 20 nitrogen and oxygen atoms in total. The number of pyridine rings is 1. The molecular weight excluding hydrogens is 622 g/mol. The summed E-state index contributed by atoms with van der Waals surface area (Å²) in [5.41, 5.74) is 6.36. The zero-order valence-electron chi connectivity index (χ0n) is 21.7. The van der Waals surface area contributed by atoms with E-state index >= 15 is 0 Å². The smallest absolute Gasteiger partial charge is 0.387 e. The molecule has 22 heteroatoms. The molecule has 2 unspecified atom stereocenters. The van der Waals surface area contributed by atoms with E-state index < -0.39 is 77.9 Å². The highest BCUT2D eigenvalue weighted by atomic mass is 31.3. The van der Waals surface area contributed by atoms with Gasteiger partial charge in [0, 0.05) is 6.07 Å². The van der Waals surface area contributed by atoms with Gasteiger partial charge in [0.1, 0.15) is 42.4 Å². The molecule has 234 valence electrons. The van der Waals surface area contributed by atoms with E-state index in [1.54, 1.807) is 0 Å². The van der Waals surface area contributed by atoms with Gasteiger partial charge in [-0.3, -0.25) is 18.4 Å². The number of aliphatic hydroxyl groups excluding tert-OH is 4. The molecule has 0 aromatic carbocycles. The van der Waals surface area contributed by atoms with Crippen molar-refractivity contribution in [1.29, 1.82) is 0 Å². The third-order valence-electron chi connectivity index (χ3n) is 6.62. The van der Waals surface area contributed by atoms with E-state index in [4.69, 9.17) is 19.7 Å². The molecule has 43 heavy (non-hydrogen) atoms. The van der Waals surface area contributed by atoms with E-state index in [-0.39, 0.29) is 22.5 Å². The zero-order valence-corrected chi connectivity index (χ0v) is 23.5. The molecule has 2 aliphatic rings. The summed E-state index contributed by atoms with van der Waals surface area (Å²) in [7, 11) is -10.7. The monoisotopic (exact) mass is 649 g/mol. The van der Waals surface area contributed by atoms with Gasteiger partial charge in [-0.2, -0.15) is 8.88 Å². The lowest BCUT2D eigenvalue weighted by Gasteiger charge is -2.20. The molecule has 2 aliphatic heterocycles. The van der Waals surface area contributed by atoms with Gasteiger partial charge in [0.15, 0.2) is 42.5 Å². The average Bonchev–Trinajstić information content (AvgIpc) is 3.61. The normalized spacial score (nSPS) is 32.0. The van der Waals surface area contributed by atoms with Gasteiger partial charge < -0.3 is 45.4 Å². The molecule has 2 fully saturated rings. The van der Waals surface area contributed by atoms with Crippen molar-refractivity contribution in [2.75, 3.05) is 18.9 Å². The highest BCUT2D eigenvalue weighted by Crippen LogP contribution is 2.60. The first-order chi connectivity index (χ1) is 20.3. The van der Waals surface area contributed by atoms with Gasteiger partial charge in [0.2, 0.25) is 0 Å². The molecule has 0 radical (unpaired) electrons. The maximum absolute atomic E-state index is 12.4. The number of nitrogen functional groups attached to an aromatic ring is 1. The number of phosphoric acid groups is 2. The fraction of sp³-hybridized carbons (Fsp3) is 0.476. The maximum atomic E-state index is 12.4. The van der Waals surface area contributed by atoms with Crippen molar-refractivity contribution in [3.63, 3.8) is 0 Å². The van der Waals surface area contributed by atoms with Gasteiger partial charge >= 0.3 is 15.6 Å². The van der Waals surface area contributed by atoms with Crippen LogP contribution in [-0.4, -0.2) is 106 Å². The van der Waals surface area contributed by atoms with Crippen molar-refractivity contribution in [2.45, 2.75) is 49.1 Å². The molecular formula is C21H27N6O14P2+. The number of carbonyl (C=O) groups excluding carboxylic acids is 1. The second kappa shape index (κ2) is 12.3. The predicted molar refractivity (Wildman–Crippen MR) is 136 cm³/mol. The lowest BCUT2D eigenvalue weighted by Crippen LogP contribution is -2.46. The second-order valence-corrected chi connectivity index (χ2v) is 12.5. The summed E-state index contributed by atoms with van der Waals surface area (Å²) in [5, 5.41) is 41.5. The van der Waals surface area contributed by atoms with Crippen LogP contribution in [0.3, 0.4) is 0 Å². The molecule has 10 atom stereocenters. The van der Waals surface area contributed by atoms with Gasteiger partial charge in [0.25, 0.3) is 6.23 Å². The lowest BCUT2D eigenvalue weighted by molar-refractivity contribution is -0.765. The third-order valence-corrected chi connectivity index (χ3v) is 9.22. The summed E-state index contributed by atoms with van der Waals surface area (Å²) < 4.78 is 52.0. The number of nitrogens with two attached hydrogens (primary N) is 1. The SMILES string of the molecule is Nc1ncnc2c1ncn2[C@@H]1O[C@H](COP(=O)(O)OP(=O)(O)OC[C@H]2O[C@@H]([n+]3cccc(C=O)c3)[C@H](O)[C@@H]2O)[C@@H](O)[C@H]1O. The number of imidazole rings is 1. The summed E-state index contributed by atoms with van der Waals surface area (Å²) in [6, 6.07) is 2.98. The summed E-state index contributed by atoms with van der Waals surface area (Å²) in [6.45, 7) is -1.76. The van der Waals surface area contributed by atoms with Crippen molar-refractivity contribution >= 4 is 38.9 Å². The number of hydrogen-bond donors (Lipinski definition) is 7. The van der Waals surface area contributed by atoms with Crippen LogP contribution < -0.4 is 10.3 Å². The van der Waals surface area contributed by atoms with Crippen LogP contribution in [0.1, 0.15) is 22.8 Å². The quantitative estimate of drug-likeness (QED) is 0.0652. The molecule has 0 spiro atoms. The van der Waals surface area contributed by atoms with Crippen LogP contribution in [0.5, 0.6) is 0 Å². The molecule has 3 aromatic rings. The second-order valence-electron chi connectivity index (χ2n) is 9.49. The maximum Gasteiger partial charge on any atom is 0.481 e. The molecule has 5 heterocycles. The number of fused-ring (bicyclic) bond motifs is 1. The molecule has 5 rings (SSSR count). The Labute approximate surface area is 241 Å². The standard InChI is InChI=1S/C21H26N6O14P2/c22-18-13-19(24-8-23-18)27(9-25-13)21-17(32)15(30)12(40-21)7-38-43(35,36)41-42(33,34)37-6-11-14(29)16(31)20(39-11)26-3-1-2-10(4-26)5-28/h1-5,8-9,11-12,14-17,20-21,29-32H,6-7H2,(H3-,22,23,24,33,34,35,36)/p+1/t11-,12-,14-,15-,16-,17-,20-,21-/m1/s1. The minimum Gasteiger partial charge on any atom is -0.387 e. The van der Waals surface area contributed by atoms with Gasteiger partial charge in [-0.15, -0.1) is 0 Å². The number of aromatic nitrogens is 5. The van der Waals surface area contributed by atoms with E-state index in [9.17, 15) is 44.1 Å². The lowest BCUT2D eigenvalue weighted by atomic mass is 10.1. The molecule has 0 amide bonds. The topological polar surface area (TPSA) is 292 Å². The van der Waals surface area contributed by atoms with Crippen molar-refractivity contribution in [3.8, 4) is 0 Å². The molecule has 0 aliphatic carbocycles. The van der Waals surface area contributed by atoms with Crippen LogP contribution in [0.2, 0.25) is 0 Å². The Bertz CT molecular complexity index is 1580. The Kier molecular flexibility index (Phi) is 9.04. The minimum absolute atomic E-state index is 0.0546. The highest BCUT2D eigenvalue weighted by Gasteiger charge is 2.50. The number of nitrogens with zero attached hydrogens (tertiary/aromatic N) is 5. The van der Waals surface area contributed by atoms with Crippen LogP contribution in [0.15, 0.2) is 37.2 Å². The minimum atomic E-state index is -5.35. The van der Waals surface area contributed by atoms with E-state index in [0.29, 0.717) is 6.29 Å². The van der Waals surface area contributed by atoms with E-state index in [2.05, 4.69) is 23.8 Å². The summed E-state index contributed by atoms with van der Waals surface area (Å²) >= 11 is 0. The Morgan fingerprint density at radius 1 is 0.977 bits per heavy atom. The molecule has 0 bridgehead atoms. The first-order valence-corrected chi connectivity index (χ1v) is 15.4. The Balaban J connectivity index is 1.16. The van der Waals surface area contributed by atoms with Gasteiger partial charge in [0.05, 0.1) is 25.1 Å². The van der Waals surface area contributed by atoms with Crippen LogP contribution in [0, 0.1) is 0 Å². The van der Waals surface area contributed by atoms with Crippen LogP contribution >= 0.6 is 15.6 Å². The van der Waals surface area contributed by atoms with E-state index in [0.717, 1.165) is 6.33 Å². The first kappa shape index (κ1) is 31.6. The summed E-state index contributed by atoms with van der Waals surface area (Å²) in [4.78, 5) is 42.9. The highest BCUT2D eigenvalue weighted by molar-refractivity contribution is 7.61. The van der Waals surface area contributed by atoms with Crippen LogP contribution in [0.4, 0.5) is 5.82 Å².